The molecular formula is C20H20F2N4O2. The van der Waals surface area contributed by atoms with E-state index in [1.54, 1.807) is 30.4 Å². The van der Waals surface area contributed by atoms with E-state index in [2.05, 4.69) is 4.98 Å². The third-order valence-corrected chi connectivity index (χ3v) is 4.87. The lowest BCUT2D eigenvalue weighted by Crippen LogP contribution is -2.52. The van der Waals surface area contributed by atoms with E-state index in [0.717, 1.165) is 11.6 Å². The van der Waals surface area contributed by atoms with Gasteiger partial charge in [0.25, 0.3) is 0 Å². The van der Waals surface area contributed by atoms with Crippen LogP contribution in [0.5, 0.6) is 0 Å². The van der Waals surface area contributed by atoms with Gasteiger partial charge in [-0.05, 0) is 24.3 Å². The zero-order chi connectivity index (χ0) is 19.7. The molecule has 2 aliphatic rings. The molecule has 1 fully saturated rings. The molecule has 2 atom stereocenters. The number of aliphatic hydroxyl groups excluding tert-OH is 1. The topological polar surface area (TPSA) is 61.2 Å². The first-order valence-corrected chi connectivity index (χ1v) is 8.96. The van der Waals surface area contributed by atoms with Gasteiger partial charge in [0.15, 0.2) is 6.23 Å². The molecule has 3 heterocycles. The molecule has 8 heteroatoms. The summed E-state index contributed by atoms with van der Waals surface area (Å²) in [6.45, 7) is 1.24. The summed E-state index contributed by atoms with van der Waals surface area (Å²) in [7, 11) is 1.74. The Bertz CT molecular complexity index is 920. The van der Waals surface area contributed by atoms with Crippen molar-refractivity contribution in [2.24, 2.45) is 4.99 Å². The third kappa shape index (κ3) is 3.61. The number of aliphatic hydroxyl groups is 1. The molecule has 0 saturated carbocycles. The number of rotatable bonds is 2. The molecule has 0 radical (unpaired) electrons. The van der Waals surface area contributed by atoms with Crippen molar-refractivity contribution in [3.63, 3.8) is 0 Å². The van der Waals surface area contributed by atoms with Gasteiger partial charge < -0.3 is 19.6 Å². The fraction of sp³-hybridized carbons (Fsp3) is 0.300. The van der Waals surface area contributed by atoms with Crippen LogP contribution in [-0.4, -0.2) is 58.8 Å². The minimum atomic E-state index is -0.848. The summed E-state index contributed by atoms with van der Waals surface area (Å²) < 4.78 is 33.1. The number of halogens is 2. The monoisotopic (exact) mass is 386 g/mol. The molecule has 0 bridgehead atoms. The van der Waals surface area contributed by atoms with Gasteiger partial charge >= 0.3 is 0 Å². The average Bonchev–Trinajstić information content (AvgIpc) is 2.70. The van der Waals surface area contributed by atoms with E-state index in [1.165, 1.54) is 12.1 Å². The number of pyridine rings is 1. The van der Waals surface area contributed by atoms with Crippen molar-refractivity contribution in [3.05, 3.63) is 71.6 Å². The highest BCUT2D eigenvalue weighted by Crippen LogP contribution is 2.28. The maximum atomic E-state index is 14.2. The summed E-state index contributed by atoms with van der Waals surface area (Å²) in [4.78, 5) is 12.3. The molecule has 2 aromatic rings. The lowest BCUT2D eigenvalue weighted by atomic mass is 10.1. The van der Waals surface area contributed by atoms with Gasteiger partial charge in [0.05, 0.1) is 18.8 Å². The first-order valence-electron chi connectivity index (χ1n) is 8.96. The van der Waals surface area contributed by atoms with Crippen LogP contribution in [0.1, 0.15) is 17.2 Å². The fourth-order valence-corrected chi connectivity index (χ4v) is 3.35. The second-order valence-corrected chi connectivity index (χ2v) is 6.70. The molecule has 0 amide bonds. The summed E-state index contributed by atoms with van der Waals surface area (Å²) in [6, 6.07) is 7.12. The lowest BCUT2D eigenvalue weighted by Gasteiger charge is -2.40. The van der Waals surface area contributed by atoms with Gasteiger partial charge in [0, 0.05) is 43.2 Å². The Morgan fingerprint density at radius 3 is 2.71 bits per heavy atom. The standard InChI is InChI=1S/C20H20F2N4O2/c1-25-19(27)11-17(13-4-6-23-7-5-13)24-20(25)26-8-9-28-18(12-26)15-3-2-14(21)10-16(15)22/h2-7,10-11,18-19,27H,8-9,12H2,1H3/t18?,19-/m0/s1. The Morgan fingerprint density at radius 1 is 1.18 bits per heavy atom. The first kappa shape index (κ1) is 18.5. The summed E-state index contributed by atoms with van der Waals surface area (Å²) in [5.74, 6) is -0.693. The summed E-state index contributed by atoms with van der Waals surface area (Å²) in [5, 5.41) is 10.5. The predicted molar refractivity (Wildman–Crippen MR) is 100 cm³/mol. The molecule has 1 saturated heterocycles. The number of likely N-dealkylation sites (N-methyl/N-ethyl adjacent to an activating group) is 1. The highest BCUT2D eigenvalue weighted by atomic mass is 19.1. The lowest BCUT2D eigenvalue weighted by molar-refractivity contribution is -0.0160. The van der Waals surface area contributed by atoms with Crippen molar-refractivity contribution in [1.29, 1.82) is 0 Å². The van der Waals surface area contributed by atoms with E-state index in [9.17, 15) is 13.9 Å². The Morgan fingerprint density at radius 2 is 1.96 bits per heavy atom. The quantitative estimate of drug-likeness (QED) is 0.859. The van der Waals surface area contributed by atoms with Crippen molar-refractivity contribution in [2.45, 2.75) is 12.3 Å². The number of aromatic nitrogens is 1. The Balaban J connectivity index is 1.61. The highest BCUT2D eigenvalue weighted by Gasteiger charge is 2.31. The van der Waals surface area contributed by atoms with Crippen LogP contribution in [-0.2, 0) is 4.74 Å². The second-order valence-electron chi connectivity index (χ2n) is 6.70. The second kappa shape index (κ2) is 7.65. The van der Waals surface area contributed by atoms with Gasteiger partial charge in [-0.2, -0.15) is 0 Å². The summed E-state index contributed by atoms with van der Waals surface area (Å²) in [5.41, 5.74) is 1.78. The maximum Gasteiger partial charge on any atom is 0.204 e. The SMILES string of the molecule is CN1C(N2CCOC(c3ccc(F)cc3F)C2)=NC(c2ccncc2)=C[C@@H]1O. The molecule has 0 spiro atoms. The van der Waals surface area contributed by atoms with Crippen LogP contribution >= 0.6 is 0 Å². The van der Waals surface area contributed by atoms with Gasteiger partial charge in [-0.3, -0.25) is 4.98 Å². The fourth-order valence-electron chi connectivity index (χ4n) is 3.35. The van der Waals surface area contributed by atoms with Crippen LogP contribution in [0.4, 0.5) is 8.78 Å². The molecule has 1 unspecified atom stereocenters. The zero-order valence-electron chi connectivity index (χ0n) is 15.3. The van der Waals surface area contributed by atoms with Crippen LogP contribution in [0.15, 0.2) is 53.8 Å². The normalized spacial score (nSPS) is 22.7. The molecule has 1 N–H and O–H groups in total. The average molecular weight is 386 g/mol. The predicted octanol–water partition coefficient (Wildman–Crippen LogP) is 2.39. The van der Waals surface area contributed by atoms with E-state index in [0.29, 0.717) is 36.9 Å². The summed E-state index contributed by atoms with van der Waals surface area (Å²) in [6.07, 6.45) is 3.59. The molecule has 146 valence electrons. The van der Waals surface area contributed by atoms with Crippen molar-refractivity contribution in [2.75, 3.05) is 26.7 Å². The minimum Gasteiger partial charge on any atom is -0.370 e. The number of ether oxygens (including phenoxy) is 1. The first-order chi connectivity index (χ1) is 13.5. The van der Waals surface area contributed by atoms with Gasteiger partial charge in [-0.1, -0.05) is 6.07 Å². The van der Waals surface area contributed by atoms with Gasteiger partial charge in [-0.25, -0.2) is 13.8 Å². The van der Waals surface area contributed by atoms with Gasteiger partial charge in [0.1, 0.15) is 17.7 Å². The highest BCUT2D eigenvalue weighted by molar-refractivity contribution is 5.89. The molecule has 28 heavy (non-hydrogen) atoms. The van der Waals surface area contributed by atoms with Crippen molar-refractivity contribution in [3.8, 4) is 0 Å². The van der Waals surface area contributed by atoms with Crippen LogP contribution in [0, 0.1) is 11.6 Å². The Kier molecular flexibility index (Phi) is 5.06. The van der Waals surface area contributed by atoms with E-state index >= 15 is 0 Å². The largest absolute Gasteiger partial charge is 0.370 e. The van der Waals surface area contributed by atoms with E-state index in [-0.39, 0.29) is 0 Å². The van der Waals surface area contributed by atoms with E-state index in [4.69, 9.17) is 9.73 Å². The summed E-state index contributed by atoms with van der Waals surface area (Å²) >= 11 is 0. The Labute approximate surface area is 161 Å². The molecule has 4 rings (SSSR count). The molecule has 0 aliphatic carbocycles. The van der Waals surface area contributed by atoms with Crippen LogP contribution < -0.4 is 0 Å². The van der Waals surface area contributed by atoms with Gasteiger partial charge in [0.2, 0.25) is 5.96 Å². The molecule has 1 aromatic heterocycles. The van der Waals surface area contributed by atoms with Crippen LogP contribution in [0.25, 0.3) is 5.70 Å². The van der Waals surface area contributed by atoms with E-state index in [1.807, 2.05) is 17.0 Å². The minimum absolute atomic E-state index is 0.301. The number of nitrogens with zero attached hydrogens (tertiary/aromatic N) is 4. The third-order valence-electron chi connectivity index (χ3n) is 4.87. The number of benzene rings is 1. The number of hydrogen-bond donors (Lipinski definition) is 1. The number of guanidine groups is 1. The Hall–Kier alpha value is -2.84. The molecule has 1 aromatic carbocycles. The molecule has 6 nitrogen and oxygen atoms in total. The molecular weight excluding hydrogens is 366 g/mol. The zero-order valence-corrected chi connectivity index (χ0v) is 15.3. The number of hydrogen-bond acceptors (Lipinski definition) is 6. The van der Waals surface area contributed by atoms with Crippen LogP contribution in [0.3, 0.4) is 0 Å². The number of aliphatic imine (C=N–C) groups is 1. The maximum absolute atomic E-state index is 14.2. The van der Waals surface area contributed by atoms with Crippen molar-refractivity contribution < 1.29 is 18.6 Å². The van der Waals surface area contributed by atoms with E-state index < -0.39 is 24.0 Å². The van der Waals surface area contributed by atoms with Gasteiger partial charge in [-0.15, -0.1) is 0 Å². The molecule has 2 aliphatic heterocycles. The smallest absolute Gasteiger partial charge is 0.204 e. The van der Waals surface area contributed by atoms with Crippen LogP contribution in [0.2, 0.25) is 0 Å². The number of morpholine rings is 1. The van der Waals surface area contributed by atoms with Crippen molar-refractivity contribution in [1.82, 2.24) is 14.8 Å². The van der Waals surface area contributed by atoms with Crippen molar-refractivity contribution >= 4 is 11.7 Å².